The van der Waals surface area contributed by atoms with Crippen molar-refractivity contribution in [3.8, 4) is 6.07 Å². The topological polar surface area (TPSA) is 39.6 Å². The summed E-state index contributed by atoms with van der Waals surface area (Å²) < 4.78 is 38.4. The number of H-pyrrole nitrogens is 1. The van der Waals surface area contributed by atoms with E-state index in [2.05, 4.69) is 4.98 Å². The van der Waals surface area contributed by atoms with Gasteiger partial charge >= 0.3 is 6.18 Å². The summed E-state index contributed by atoms with van der Waals surface area (Å²) >= 11 is 4.81. The highest BCUT2D eigenvalue weighted by molar-refractivity contribution is 7.71. The molecular formula is C11H9F3N2S. The number of rotatable bonds is 0. The Morgan fingerprint density at radius 2 is 1.76 bits per heavy atom. The van der Waals surface area contributed by atoms with Gasteiger partial charge in [0, 0.05) is 0 Å². The van der Waals surface area contributed by atoms with Gasteiger partial charge in [0.25, 0.3) is 0 Å². The van der Waals surface area contributed by atoms with Crippen molar-refractivity contribution in [1.82, 2.24) is 4.98 Å². The highest BCUT2D eigenvalue weighted by Crippen LogP contribution is 2.36. The number of nitriles is 1. The number of hydrogen-bond acceptors (Lipinski definition) is 2. The minimum atomic E-state index is -4.44. The van der Waals surface area contributed by atoms with Crippen LogP contribution in [0.25, 0.3) is 0 Å². The van der Waals surface area contributed by atoms with E-state index in [1.165, 1.54) is 0 Å². The van der Waals surface area contributed by atoms with Crippen molar-refractivity contribution in [2.45, 2.75) is 31.9 Å². The van der Waals surface area contributed by atoms with Crippen LogP contribution in [0.5, 0.6) is 0 Å². The zero-order valence-corrected chi connectivity index (χ0v) is 9.63. The molecule has 0 saturated heterocycles. The van der Waals surface area contributed by atoms with Crippen LogP contribution in [0.1, 0.15) is 35.2 Å². The van der Waals surface area contributed by atoms with E-state index in [1.54, 1.807) is 0 Å². The smallest absolute Gasteiger partial charge is 0.341 e. The summed E-state index contributed by atoms with van der Waals surface area (Å²) in [5.74, 6) is 0. The predicted octanol–water partition coefficient (Wildman–Crippen LogP) is 3.51. The molecule has 0 spiro atoms. The molecule has 17 heavy (non-hydrogen) atoms. The molecule has 0 radical (unpaired) electrons. The van der Waals surface area contributed by atoms with E-state index >= 15 is 0 Å². The third-order valence-electron chi connectivity index (χ3n) is 2.93. The van der Waals surface area contributed by atoms with Crippen molar-refractivity contribution in [3.05, 3.63) is 27.0 Å². The molecule has 2 rings (SSSR count). The van der Waals surface area contributed by atoms with Gasteiger partial charge in [-0.25, -0.2) is 0 Å². The predicted molar refractivity (Wildman–Crippen MR) is 58.0 cm³/mol. The second-order valence-electron chi connectivity index (χ2n) is 3.98. The van der Waals surface area contributed by atoms with Crippen molar-refractivity contribution in [2.75, 3.05) is 0 Å². The van der Waals surface area contributed by atoms with Gasteiger partial charge in [-0.3, -0.25) is 0 Å². The zero-order chi connectivity index (χ0) is 12.6. The second-order valence-corrected chi connectivity index (χ2v) is 4.39. The number of nitrogens with zero attached hydrogens (tertiary/aromatic N) is 1. The number of hydrogen-bond donors (Lipinski definition) is 1. The number of aromatic amines is 1. The second kappa shape index (κ2) is 4.15. The molecule has 1 aliphatic rings. The minimum absolute atomic E-state index is 0.111. The lowest BCUT2D eigenvalue weighted by molar-refractivity contribution is -0.142. The summed E-state index contributed by atoms with van der Waals surface area (Å²) in [7, 11) is 0. The normalized spacial score (nSPS) is 15.2. The number of alkyl halides is 3. The molecule has 0 bridgehead atoms. The molecule has 0 unspecified atom stereocenters. The summed E-state index contributed by atoms with van der Waals surface area (Å²) in [5.41, 5.74) is 0.114. The van der Waals surface area contributed by atoms with E-state index in [9.17, 15) is 13.2 Å². The van der Waals surface area contributed by atoms with Crippen LogP contribution in [0.4, 0.5) is 13.2 Å². The average Bonchev–Trinajstić information content (AvgIpc) is 2.27. The first-order chi connectivity index (χ1) is 7.95. The van der Waals surface area contributed by atoms with Crippen LogP contribution in [-0.4, -0.2) is 4.98 Å². The third kappa shape index (κ3) is 2.07. The zero-order valence-electron chi connectivity index (χ0n) is 8.82. The SMILES string of the molecule is N#Cc1c2c(c(C(F)(F)F)[nH]c1=S)CCCC2. The monoisotopic (exact) mass is 258 g/mol. The van der Waals surface area contributed by atoms with Crippen LogP contribution >= 0.6 is 12.2 Å². The first-order valence-corrected chi connectivity index (χ1v) is 5.61. The van der Waals surface area contributed by atoms with Gasteiger partial charge in [-0.1, -0.05) is 12.2 Å². The Kier molecular flexibility index (Phi) is 2.96. The van der Waals surface area contributed by atoms with Crippen molar-refractivity contribution in [1.29, 1.82) is 5.26 Å². The van der Waals surface area contributed by atoms with Crippen molar-refractivity contribution in [2.24, 2.45) is 0 Å². The maximum Gasteiger partial charge on any atom is 0.431 e. The maximum atomic E-state index is 12.8. The number of fused-ring (bicyclic) bond motifs is 1. The van der Waals surface area contributed by atoms with Crippen LogP contribution in [0, 0.1) is 16.0 Å². The third-order valence-corrected chi connectivity index (χ3v) is 3.24. The molecule has 0 aromatic carbocycles. The van der Waals surface area contributed by atoms with Crippen molar-refractivity contribution < 1.29 is 13.2 Å². The molecule has 0 amide bonds. The van der Waals surface area contributed by atoms with E-state index in [-0.39, 0.29) is 15.8 Å². The Morgan fingerprint density at radius 3 is 2.29 bits per heavy atom. The number of aromatic nitrogens is 1. The van der Waals surface area contributed by atoms with Gasteiger partial charge in [0.15, 0.2) is 0 Å². The van der Waals surface area contributed by atoms with Gasteiger partial charge in [-0.2, -0.15) is 18.4 Å². The van der Waals surface area contributed by atoms with Gasteiger partial charge in [0.2, 0.25) is 0 Å². The summed E-state index contributed by atoms with van der Waals surface area (Å²) in [6.45, 7) is 0. The molecule has 1 aromatic rings. The summed E-state index contributed by atoms with van der Waals surface area (Å²) in [4.78, 5) is 2.16. The fourth-order valence-corrected chi connectivity index (χ4v) is 2.48. The molecule has 0 aliphatic heterocycles. The van der Waals surface area contributed by atoms with Crippen LogP contribution < -0.4 is 0 Å². The van der Waals surface area contributed by atoms with Gasteiger partial charge in [0.1, 0.15) is 16.4 Å². The Hall–Kier alpha value is -1.35. The lowest BCUT2D eigenvalue weighted by Crippen LogP contribution is -2.18. The fraction of sp³-hybridized carbons (Fsp3) is 0.455. The quantitative estimate of drug-likeness (QED) is 0.723. The van der Waals surface area contributed by atoms with E-state index in [0.717, 1.165) is 6.42 Å². The molecule has 90 valence electrons. The van der Waals surface area contributed by atoms with Gasteiger partial charge in [-0.05, 0) is 36.8 Å². The Labute approximate surface area is 101 Å². The molecule has 2 nitrogen and oxygen atoms in total. The summed E-state index contributed by atoms with van der Waals surface area (Å²) in [6.07, 6.45) is -2.07. The van der Waals surface area contributed by atoms with E-state index in [0.29, 0.717) is 24.8 Å². The largest absolute Gasteiger partial charge is 0.431 e. The number of halogens is 3. The lowest BCUT2D eigenvalue weighted by atomic mass is 9.88. The highest BCUT2D eigenvalue weighted by Gasteiger charge is 2.36. The van der Waals surface area contributed by atoms with Gasteiger partial charge in [-0.15, -0.1) is 0 Å². The molecule has 1 aliphatic carbocycles. The Bertz CT molecular complexity index is 552. The van der Waals surface area contributed by atoms with E-state index in [1.807, 2.05) is 6.07 Å². The summed E-state index contributed by atoms with van der Waals surface area (Å²) in [6, 6.07) is 1.90. The molecule has 6 heteroatoms. The maximum absolute atomic E-state index is 12.8. The number of pyridine rings is 1. The molecule has 1 aromatic heterocycles. The standard InChI is InChI=1S/C11H9F3N2S/c12-11(13,14)9-7-4-2-1-3-6(7)8(5-15)10(17)16-9/h1-4H2,(H,16,17). The van der Waals surface area contributed by atoms with Crippen LogP contribution in [0.3, 0.4) is 0 Å². The van der Waals surface area contributed by atoms with E-state index < -0.39 is 11.9 Å². The van der Waals surface area contributed by atoms with Crippen molar-refractivity contribution >= 4 is 12.2 Å². The van der Waals surface area contributed by atoms with Gasteiger partial charge in [0.05, 0.1) is 5.56 Å². The molecule has 1 heterocycles. The first-order valence-electron chi connectivity index (χ1n) is 5.20. The molecule has 1 N–H and O–H groups in total. The molecular weight excluding hydrogens is 249 g/mol. The fourth-order valence-electron chi connectivity index (χ4n) is 2.21. The highest BCUT2D eigenvalue weighted by atomic mass is 32.1. The average molecular weight is 258 g/mol. The van der Waals surface area contributed by atoms with Gasteiger partial charge < -0.3 is 4.98 Å². The van der Waals surface area contributed by atoms with Crippen LogP contribution in [0.2, 0.25) is 0 Å². The molecule has 0 saturated carbocycles. The molecule has 0 fully saturated rings. The van der Waals surface area contributed by atoms with E-state index in [4.69, 9.17) is 17.5 Å². The summed E-state index contributed by atoms with van der Waals surface area (Å²) in [5, 5.41) is 8.95. The van der Waals surface area contributed by atoms with Crippen LogP contribution in [-0.2, 0) is 19.0 Å². The van der Waals surface area contributed by atoms with Crippen LogP contribution in [0.15, 0.2) is 0 Å². The Morgan fingerprint density at radius 1 is 1.18 bits per heavy atom. The lowest BCUT2D eigenvalue weighted by Gasteiger charge is -2.21. The molecule has 0 atom stereocenters. The van der Waals surface area contributed by atoms with Crippen molar-refractivity contribution in [3.63, 3.8) is 0 Å². The minimum Gasteiger partial charge on any atom is -0.341 e. The Balaban J connectivity index is 2.77. The number of nitrogens with one attached hydrogen (secondary N) is 1. The first kappa shape index (κ1) is 12.1.